The van der Waals surface area contributed by atoms with E-state index in [1.165, 1.54) is 0 Å². The summed E-state index contributed by atoms with van der Waals surface area (Å²) in [5.74, 6) is 1.21. The van der Waals surface area contributed by atoms with Crippen LogP contribution >= 0.6 is 11.6 Å². The maximum atomic E-state index is 13.0. The number of hydrogen-bond donors (Lipinski definition) is 2. The van der Waals surface area contributed by atoms with Crippen LogP contribution in [-0.2, 0) is 6.54 Å². The van der Waals surface area contributed by atoms with Gasteiger partial charge in [-0.2, -0.15) is 0 Å². The largest absolute Gasteiger partial charge is 0.460 e. The van der Waals surface area contributed by atoms with Gasteiger partial charge in [0.2, 0.25) is 0 Å². The Morgan fingerprint density at radius 3 is 2.75 bits per heavy atom. The van der Waals surface area contributed by atoms with Gasteiger partial charge in [0.1, 0.15) is 16.5 Å². The van der Waals surface area contributed by atoms with E-state index >= 15 is 0 Å². The van der Waals surface area contributed by atoms with E-state index in [2.05, 4.69) is 16.4 Å². The lowest BCUT2D eigenvalue weighted by Gasteiger charge is -2.20. The molecule has 0 spiro atoms. The molecule has 3 N–H and O–H groups in total. The van der Waals surface area contributed by atoms with Gasteiger partial charge in [0.15, 0.2) is 5.43 Å². The lowest BCUT2D eigenvalue weighted by atomic mass is 9.99. The first-order chi connectivity index (χ1) is 13.4. The summed E-state index contributed by atoms with van der Waals surface area (Å²) >= 11 is 5.99. The maximum Gasteiger partial charge on any atom is 0.195 e. The van der Waals surface area contributed by atoms with Gasteiger partial charge >= 0.3 is 0 Å². The first kappa shape index (κ1) is 19.0. The number of anilines is 1. The van der Waals surface area contributed by atoms with E-state index in [9.17, 15) is 4.79 Å². The molecule has 5 nitrogen and oxygen atoms in total. The zero-order valence-corrected chi connectivity index (χ0v) is 17.1. The Hall–Kier alpha value is -2.37. The molecule has 1 aromatic carbocycles. The fourth-order valence-corrected chi connectivity index (χ4v) is 3.88. The summed E-state index contributed by atoms with van der Waals surface area (Å²) < 4.78 is 6.32. The summed E-state index contributed by atoms with van der Waals surface area (Å²) in [5.41, 5.74) is 10.8. The van der Waals surface area contributed by atoms with Gasteiger partial charge in [0.25, 0.3) is 0 Å². The molecule has 0 radical (unpaired) electrons. The number of nitrogens with zero attached hydrogens (tertiary/aromatic N) is 1. The molecule has 0 saturated heterocycles. The molecule has 1 atom stereocenters. The number of aryl methyl sites for hydroxylation is 1. The minimum atomic E-state index is -0.103. The van der Waals surface area contributed by atoms with Crippen molar-refractivity contribution >= 4 is 28.3 Å². The van der Waals surface area contributed by atoms with Crippen LogP contribution < -0.4 is 16.5 Å². The molecule has 1 aliphatic carbocycles. The van der Waals surface area contributed by atoms with Gasteiger partial charge in [-0.3, -0.25) is 4.79 Å². The van der Waals surface area contributed by atoms with E-state index < -0.39 is 0 Å². The van der Waals surface area contributed by atoms with Gasteiger partial charge in [-0.1, -0.05) is 17.7 Å². The molecule has 1 saturated carbocycles. The third kappa shape index (κ3) is 3.40. The molecule has 0 unspecified atom stereocenters. The number of rotatable bonds is 5. The number of aromatic nitrogens is 1. The highest BCUT2D eigenvalue weighted by Crippen LogP contribution is 2.42. The van der Waals surface area contributed by atoms with Gasteiger partial charge in [-0.05, 0) is 57.4 Å². The van der Waals surface area contributed by atoms with Crippen molar-refractivity contribution in [3.05, 3.63) is 67.8 Å². The lowest BCUT2D eigenvalue weighted by molar-refractivity contribution is 0.527. The minimum Gasteiger partial charge on any atom is -0.460 e. The Morgan fingerprint density at radius 1 is 1.32 bits per heavy atom. The summed E-state index contributed by atoms with van der Waals surface area (Å²) in [6, 6.07) is 7.49. The standard InChI is InChI=1S/C22H24ClN3O2/c1-11-8-15(13(3)25-17-6-7-19(23)26-18(17)10-24)22-16(9-11)20(27)12(2)21(28-22)14-4-5-14/h6-9,13-14,25H,4-5,10,24H2,1-3H3/t13-/m1/s1. The molecule has 6 heteroatoms. The number of benzene rings is 1. The van der Waals surface area contributed by atoms with Crippen molar-refractivity contribution in [2.75, 3.05) is 5.32 Å². The van der Waals surface area contributed by atoms with E-state index in [4.69, 9.17) is 21.8 Å². The third-order valence-corrected chi connectivity index (χ3v) is 5.56. The SMILES string of the molecule is Cc1cc([C@@H](C)Nc2ccc(Cl)nc2CN)c2oc(C3CC3)c(C)c(=O)c2c1. The molecule has 2 heterocycles. The molecule has 1 fully saturated rings. The molecular weight excluding hydrogens is 374 g/mol. The first-order valence-electron chi connectivity index (χ1n) is 9.59. The summed E-state index contributed by atoms with van der Waals surface area (Å²) in [6.45, 7) is 6.19. The van der Waals surface area contributed by atoms with Crippen LogP contribution in [0.2, 0.25) is 5.15 Å². The molecule has 28 heavy (non-hydrogen) atoms. The molecule has 0 amide bonds. The van der Waals surface area contributed by atoms with Crippen molar-refractivity contribution in [3.63, 3.8) is 0 Å². The number of pyridine rings is 1. The first-order valence-corrected chi connectivity index (χ1v) is 9.96. The summed E-state index contributed by atoms with van der Waals surface area (Å²) in [7, 11) is 0. The maximum absolute atomic E-state index is 13.0. The number of halogens is 1. The van der Waals surface area contributed by atoms with Crippen LogP contribution in [0.4, 0.5) is 5.69 Å². The number of nitrogens with two attached hydrogens (primary N) is 1. The summed E-state index contributed by atoms with van der Waals surface area (Å²) in [6.07, 6.45) is 2.17. The highest BCUT2D eigenvalue weighted by molar-refractivity contribution is 6.29. The van der Waals surface area contributed by atoms with Crippen molar-refractivity contribution in [1.82, 2.24) is 4.98 Å². The van der Waals surface area contributed by atoms with Crippen molar-refractivity contribution in [1.29, 1.82) is 0 Å². The van der Waals surface area contributed by atoms with Crippen molar-refractivity contribution in [2.45, 2.75) is 52.1 Å². The number of nitrogens with one attached hydrogen (secondary N) is 1. The van der Waals surface area contributed by atoms with Crippen molar-refractivity contribution < 1.29 is 4.42 Å². The zero-order chi connectivity index (χ0) is 20.0. The Kier molecular flexibility index (Phi) is 4.89. The second kappa shape index (κ2) is 7.22. The highest BCUT2D eigenvalue weighted by atomic mass is 35.5. The Morgan fingerprint density at radius 2 is 2.07 bits per heavy atom. The van der Waals surface area contributed by atoms with Gasteiger partial charge in [-0.25, -0.2) is 4.98 Å². The monoisotopic (exact) mass is 397 g/mol. The number of hydrogen-bond acceptors (Lipinski definition) is 5. The quantitative estimate of drug-likeness (QED) is 0.594. The van der Waals surface area contributed by atoms with Crippen molar-refractivity contribution in [3.8, 4) is 0 Å². The fraction of sp³-hybridized carbons (Fsp3) is 0.364. The van der Waals surface area contributed by atoms with Crippen LogP contribution in [0.1, 0.15) is 59.9 Å². The van der Waals surface area contributed by atoms with Crippen LogP contribution in [0.3, 0.4) is 0 Å². The van der Waals surface area contributed by atoms with E-state index in [1.54, 1.807) is 6.07 Å². The van der Waals surface area contributed by atoms with Crippen LogP contribution in [0.15, 0.2) is 33.5 Å². The van der Waals surface area contributed by atoms with Gasteiger partial charge in [-0.15, -0.1) is 0 Å². The molecule has 3 aromatic rings. The smallest absolute Gasteiger partial charge is 0.195 e. The Labute approximate surface area is 168 Å². The number of fused-ring (bicyclic) bond motifs is 1. The van der Waals surface area contributed by atoms with Gasteiger partial charge in [0.05, 0.1) is 22.8 Å². The van der Waals surface area contributed by atoms with E-state index in [0.717, 1.165) is 41.0 Å². The molecule has 0 aliphatic heterocycles. The average Bonchev–Trinajstić information content (AvgIpc) is 3.50. The topological polar surface area (TPSA) is 81.2 Å². The molecule has 146 valence electrons. The van der Waals surface area contributed by atoms with E-state index in [-0.39, 0.29) is 18.0 Å². The normalized spacial score (nSPS) is 15.0. The second-order valence-electron chi connectivity index (χ2n) is 7.62. The molecule has 1 aliphatic rings. The Bertz CT molecular complexity index is 1120. The Balaban J connectivity index is 1.82. The molecule has 4 rings (SSSR count). The van der Waals surface area contributed by atoms with Gasteiger partial charge < -0.3 is 15.5 Å². The predicted octanol–water partition coefficient (Wildman–Crippen LogP) is 4.97. The predicted molar refractivity (Wildman–Crippen MR) is 113 cm³/mol. The van der Waals surface area contributed by atoms with Crippen molar-refractivity contribution in [2.24, 2.45) is 5.73 Å². The van der Waals surface area contributed by atoms with E-state index in [1.807, 2.05) is 32.9 Å². The van der Waals surface area contributed by atoms with Crippen LogP contribution in [0.5, 0.6) is 0 Å². The fourth-order valence-electron chi connectivity index (χ4n) is 3.71. The van der Waals surface area contributed by atoms with Crippen LogP contribution in [0, 0.1) is 13.8 Å². The molecule has 2 aromatic heterocycles. The average molecular weight is 398 g/mol. The third-order valence-electron chi connectivity index (χ3n) is 5.35. The summed E-state index contributed by atoms with van der Waals surface area (Å²) in [5, 5.41) is 4.51. The van der Waals surface area contributed by atoms with Gasteiger partial charge in [0, 0.05) is 23.6 Å². The summed E-state index contributed by atoms with van der Waals surface area (Å²) in [4.78, 5) is 17.3. The minimum absolute atomic E-state index is 0.0658. The molecular formula is C22H24ClN3O2. The van der Waals surface area contributed by atoms with E-state index in [0.29, 0.717) is 27.7 Å². The van der Waals surface area contributed by atoms with Crippen LogP contribution in [0.25, 0.3) is 11.0 Å². The highest BCUT2D eigenvalue weighted by Gasteiger charge is 2.30. The van der Waals surface area contributed by atoms with Crippen LogP contribution in [-0.4, -0.2) is 4.98 Å². The zero-order valence-electron chi connectivity index (χ0n) is 16.3. The lowest BCUT2D eigenvalue weighted by Crippen LogP contribution is -2.14. The second-order valence-corrected chi connectivity index (χ2v) is 8.01. The molecule has 0 bridgehead atoms.